The van der Waals surface area contributed by atoms with Gasteiger partial charge in [-0.25, -0.2) is 9.18 Å². The van der Waals surface area contributed by atoms with Gasteiger partial charge in [-0.15, -0.1) is 11.3 Å². The Morgan fingerprint density at radius 2 is 1.67 bits per heavy atom. The van der Waals surface area contributed by atoms with Gasteiger partial charge >= 0.3 is 5.97 Å². The summed E-state index contributed by atoms with van der Waals surface area (Å²) in [6, 6.07) is 12.1. The number of esters is 1. The fourth-order valence-electron chi connectivity index (χ4n) is 2.72. The molecule has 154 valence electrons. The second-order valence-electron chi connectivity index (χ2n) is 6.12. The number of nitrogens with one attached hydrogen (secondary N) is 2. The van der Waals surface area contributed by atoms with E-state index in [2.05, 4.69) is 10.6 Å². The maximum absolute atomic E-state index is 13.9. The number of halogens is 2. The van der Waals surface area contributed by atoms with Crippen LogP contribution in [0.25, 0.3) is 0 Å². The number of methoxy groups -OCH3 is 1. The highest BCUT2D eigenvalue weighted by Gasteiger charge is 2.27. The number of benzene rings is 2. The first-order valence-corrected chi connectivity index (χ1v) is 9.86. The van der Waals surface area contributed by atoms with Crippen molar-refractivity contribution in [1.82, 2.24) is 0 Å². The van der Waals surface area contributed by atoms with E-state index >= 15 is 0 Å². The second kappa shape index (κ2) is 9.06. The van der Waals surface area contributed by atoms with Gasteiger partial charge in [0.05, 0.1) is 33.8 Å². The van der Waals surface area contributed by atoms with Crippen LogP contribution in [0, 0.1) is 12.7 Å². The van der Waals surface area contributed by atoms with E-state index in [1.54, 1.807) is 31.2 Å². The SMILES string of the molecule is COC(=O)c1c(NC(=O)c2ccccc2Cl)sc(C(=O)Nc2ccccc2F)c1C. The van der Waals surface area contributed by atoms with E-state index in [0.717, 1.165) is 11.3 Å². The number of ether oxygens (including phenoxy) is 1. The summed E-state index contributed by atoms with van der Waals surface area (Å²) in [5, 5.41) is 5.45. The van der Waals surface area contributed by atoms with Crippen molar-refractivity contribution in [3.63, 3.8) is 0 Å². The molecule has 0 aliphatic rings. The Hall–Kier alpha value is -3.23. The number of amides is 2. The molecule has 9 heteroatoms. The molecule has 2 aromatic carbocycles. The number of hydrogen-bond donors (Lipinski definition) is 2. The van der Waals surface area contributed by atoms with Crippen molar-refractivity contribution in [2.75, 3.05) is 17.7 Å². The highest BCUT2D eigenvalue weighted by molar-refractivity contribution is 7.19. The van der Waals surface area contributed by atoms with Crippen LogP contribution in [0.5, 0.6) is 0 Å². The van der Waals surface area contributed by atoms with Crippen LogP contribution in [0.15, 0.2) is 48.5 Å². The molecule has 6 nitrogen and oxygen atoms in total. The quantitative estimate of drug-likeness (QED) is 0.531. The molecular formula is C21H16ClFN2O4S. The van der Waals surface area contributed by atoms with Gasteiger partial charge in [0.15, 0.2) is 0 Å². The predicted molar refractivity (Wildman–Crippen MR) is 114 cm³/mol. The molecule has 2 amide bonds. The van der Waals surface area contributed by atoms with Crippen LogP contribution in [-0.2, 0) is 4.74 Å². The number of thiophene rings is 1. The summed E-state index contributed by atoms with van der Waals surface area (Å²) < 4.78 is 18.7. The standard InChI is InChI=1S/C21H16ClFN2O4S/c1-11-16(21(28)29-2)20(25-18(26)12-7-3-4-8-13(12)22)30-17(11)19(27)24-15-10-6-5-9-14(15)23/h3-10H,1-2H3,(H,24,27)(H,25,26). The number of carbonyl (C=O) groups is 3. The summed E-state index contributed by atoms with van der Waals surface area (Å²) in [5.41, 5.74) is 0.548. The van der Waals surface area contributed by atoms with Crippen LogP contribution in [0.2, 0.25) is 5.02 Å². The smallest absolute Gasteiger partial charge is 0.341 e. The Kier molecular flexibility index (Phi) is 6.49. The molecule has 2 N–H and O–H groups in total. The van der Waals surface area contributed by atoms with Crippen LogP contribution in [0.3, 0.4) is 0 Å². The average molecular weight is 447 g/mol. The first-order chi connectivity index (χ1) is 14.3. The van der Waals surface area contributed by atoms with E-state index < -0.39 is 23.6 Å². The lowest BCUT2D eigenvalue weighted by Crippen LogP contribution is -2.15. The molecule has 1 aromatic heterocycles. The van der Waals surface area contributed by atoms with Gasteiger partial charge in [0.1, 0.15) is 10.8 Å². The molecule has 0 aliphatic carbocycles. The molecule has 3 rings (SSSR count). The highest BCUT2D eigenvalue weighted by Crippen LogP contribution is 2.35. The van der Waals surface area contributed by atoms with Crippen LogP contribution in [0.1, 0.15) is 36.0 Å². The van der Waals surface area contributed by atoms with Gasteiger partial charge < -0.3 is 15.4 Å². The third-order valence-electron chi connectivity index (χ3n) is 4.21. The Balaban J connectivity index is 1.96. The third kappa shape index (κ3) is 4.34. The van der Waals surface area contributed by atoms with Crippen molar-refractivity contribution in [3.05, 3.63) is 80.9 Å². The molecule has 0 spiro atoms. The van der Waals surface area contributed by atoms with Gasteiger partial charge in [0.25, 0.3) is 11.8 Å². The monoisotopic (exact) mass is 446 g/mol. The summed E-state index contributed by atoms with van der Waals surface area (Å²) >= 11 is 6.94. The fourth-order valence-corrected chi connectivity index (χ4v) is 4.03. The largest absolute Gasteiger partial charge is 0.465 e. The molecule has 0 aliphatic heterocycles. The van der Waals surface area contributed by atoms with E-state index in [9.17, 15) is 18.8 Å². The van der Waals surface area contributed by atoms with Crippen LogP contribution >= 0.6 is 22.9 Å². The van der Waals surface area contributed by atoms with Crippen molar-refractivity contribution in [2.45, 2.75) is 6.92 Å². The van der Waals surface area contributed by atoms with E-state index in [-0.39, 0.29) is 31.7 Å². The number of para-hydroxylation sites is 1. The van der Waals surface area contributed by atoms with Crippen molar-refractivity contribution in [1.29, 1.82) is 0 Å². The zero-order valence-corrected chi connectivity index (χ0v) is 17.5. The third-order valence-corrected chi connectivity index (χ3v) is 5.75. The number of carbonyl (C=O) groups excluding carboxylic acids is 3. The summed E-state index contributed by atoms with van der Waals surface area (Å²) in [4.78, 5) is 37.8. The molecule has 0 bridgehead atoms. The Morgan fingerprint density at radius 3 is 2.33 bits per heavy atom. The zero-order chi connectivity index (χ0) is 21.8. The summed E-state index contributed by atoms with van der Waals surface area (Å²) in [6.45, 7) is 1.55. The van der Waals surface area contributed by atoms with Crippen LogP contribution in [-0.4, -0.2) is 24.9 Å². The van der Waals surface area contributed by atoms with Gasteiger partial charge in [0, 0.05) is 0 Å². The maximum Gasteiger partial charge on any atom is 0.341 e. The minimum Gasteiger partial charge on any atom is -0.465 e. The first-order valence-electron chi connectivity index (χ1n) is 8.67. The van der Waals surface area contributed by atoms with Gasteiger partial charge in [-0.05, 0) is 36.8 Å². The predicted octanol–water partition coefficient (Wildman–Crippen LogP) is 5.14. The van der Waals surface area contributed by atoms with Crippen molar-refractivity contribution >= 4 is 51.4 Å². The highest BCUT2D eigenvalue weighted by atomic mass is 35.5. The van der Waals surface area contributed by atoms with Crippen molar-refractivity contribution < 1.29 is 23.5 Å². The van der Waals surface area contributed by atoms with Gasteiger partial charge in [0.2, 0.25) is 0 Å². The topological polar surface area (TPSA) is 84.5 Å². The van der Waals surface area contributed by atoms with Crippen LogP contribution < -0.4 is 10.6 Å². The lowest BCUT2D eigenvalue weighted by molar-refractivity contribution is 0.0601. The average Bonchev–Trinajstić information content (AvgIpc) is 3.05. The minimum absolute atomic E-state index is 0.00317. The Morgan fingerprint density at radius 1 is 1.00 bits per heavy atom. The number of hydrogen-bond acceptors (Lipinski definition) is 5. The molecular weight excluding hydrogens is 431 g/mol. The zero-order valence-electron chi connectivity index (χ0n) is 15.9. The summed E-state index contributed by atoms with van der Waals surface area (Å²) in [7, 11) is 1.19. The normalized spacial score (nSPS) is 10.4. The lowest BCUT2D eigenvalue weighted by atomic mass is 10.1. The van der Waals surface area contributed by atoms with E-state index in [1.807, 2.05) is 0 Å². The van der Waals surface area contributed by atoms with Gasteiger partial charge in [-0.1, -0.05) is 35.9 Å². The number of rotatable bonds is 5. The Labute approximate surface area is 180 Å². The Bertz CT molecular complexity index is 1150. The molecule has 0 fully saturated rings. The van der Waals surface area contributed by atoms with Gasteiger partial charge in [-0.3, -0.25) is 9.59 Å². The molecule has 3 aromatic rings. The van der Waals surface area contributed by atoms with Gasteiger partial charge in [-0.2, -0.15) is 0 Å². The van der Waals surface area contributed by atoms with E-state index in [1.165, 1.54) is 31.4 Å². The summed E-state index contributed by atoms with van der Waals surface area (Å²) in [5.74, 6) is -2.48. The fraction of sp³-hybridized carbons (Fsp3) is 0.0952. The number of anilines is 2. The molecule has 1 heterocycles. The second-order valence-corrected chi connectivity index (χ2v) is 7.55. The molecule has 0 saturated carbocycles. The first kappa shape index (κ1) is 21.5. The molecule has 0 atom stereocenters. The minimum atomic E-state index is -0.719. The molecule has 0 radical (unpaired) electrons. The summed E-state index contributed by atoms with van der Waals surface area (Å²) in [6.07, 6.45) is 0. The van der Waals surface area contributed by atoms with E-state index in [4.69, 9.17) is 16.3 Å². The van der Waals surface area contributed by atoms with Crippen molar-refractivity contribution in [2.24, 2.45) is 0 Å². The lowest BCUT2D eigenvalue weighted by Gasteiger charge is -2.07. The maximum atomic E-state index is 13.9. The molecule has 0 unspecified atom stereocenters. The molecule has 30 heavy (non-hydrogen) atoms. The van der Waals surface area contributed by atoms with Crippen LogP contribution in [0.4, 0.5) is 15.1 Å². The van der Waals surface area contributed by atoms with Crippen molar-refractivity contribution in [3.8, 4) is 0 Å². The van der Waals surface area contributed by atoms with E-state index in [0.29, 0.717) is 5.56 Å². The molecule has 0 saturated heterocycles.